The minimum Gasteiger partial charge on any atom is -0.468 e. The normalized spacial score (nSPS) is 14.1. The second-order valence-corrected chi connectivity index (χ2v) is 4.43. The summed E-state index contributed by atoms with van der Waals surface area (Å²) in [4.78, 5) is 11.8. The average Bonchev–Trinajstić information content (AvgIpc) is 2.37. The molecule has 2 unspecified atom stereocenters. The summed E-state index contributed by atoms with van der Waals surface area (Å²) in [6, 6.07) is 3.96. The molecule has 0 aromatic heterocycles. The molecule has 4 heteroatoms. The van der Waals surface area contributed by atoms with Crippen LogP contribution in [-0.4, -0.2) is 19.1 Å². The van der Waals surface area contributed by atoms with Gasteiger partial charge in [0.1, 0.15) is 11.9 Å². The molecule has 0 spiro atoms. The van der Waals surface area contributed by atoms with Crippen LogP contribution in [0.3, 0.4) is 0 Å². The van der Waals surface area contributed by atoms with E-state index < -0.39 is 12.0 Å². The summed E-state index contributed by atoms with van der Waals surface area (Å²) in [5.41, 5.74) is 1.49. The van der Waals surface area contributed by atoms with E-state index in [0.29, 0.717) is 5.56 Å². The number of carbonyl (C=O) groups excluding carboxylic acids is 1. The van der Waals surface area contributed by atoms with Gasteiger partial charge in [-0.15, -0.1) is 0 Å². The van der Waals surface area contributed by atoms with Crippen LogP contribution in [0.2, 0.25) is 0 Å². The van der Waals surface area contributed by atoms with Gasteiger partial charge in [-0.3, -0.25) is 5.32 Å². The van der Waals surface area contributed by atoms with Crippen LogP contribution >= 0.6 is 0 Å². The van der Waals surface area contributed by atoms with Crippen LogP contribution in [0.1, 0.15) is 37.4 Å². The SMILES string of the molecule is CCC(C)NC(C(=O)OC)c1cc(F)ccc1C. The molecule has 0 aliphatic carbocycles. The van der Waals surface area contributed by atoms with E-state index in [9.17, 15) is 9.18 Å². The van der Waals surface area contributed by atoms with E-state index in [1.54, 1.807) is 6.07 Å². The Morgan fingerprint density at radius 3 is 2.72 bits per heavy atom. The summed E-state index contributed by atoms with van der Waals surface area (Å²) in [6.45, 7) is 5.85. The van der Waals surface area contributed by atoms with Crippen molar-refractivity contribution in [3.05, 3.63) is 35.1 Å². The minimum absolute atomic E-state index is 0.150. The third-order valence-corrected chi connectivity index (χ3v) is 3.05. The second kappa shape index (κ2) is 6.50. The Bertz CT molecular complexity index is 420. The number of hydrogen-bond donors (Lipinski definition) is 1. The van der Waals surface area contributed by atoms with Crippen molar-refractivity contribution >= 4 is 5.97 Å². The van der Waals surface area contributed by atoms with Crippen LogP contribution in [0.25, 0.3) is 0 Å². The zero-order chi connectivity index (χ0) is 13.7. The molecule has 1 rings (SSSR count). The number of nitrogens with one attached hydrogen (secondary N) is 1. The quantitative estimate of drug-likeness (QED) is 0.820. The predicted octanol–water partition coefficient (Wildman–Crippen LogP) is 2.74. The van der Waals surface area contributed by atoms with Crippen molar-refractivity contribution in [2.45, 2.75) is 39.3 Å². The second-order valence-electron chi connectivity index (χ2n) is 4.43. The third-order valence-electron chi connectivity index (χ3n) is 3.05. The fourth-order valence-corrected chi connectivity index (χ4v) is 1.73. The van der Waals surface area contributed by atoms with Gasteiger partial charge in [0.05, 0.1) is 7.11 Å². The number of carbonyl (C=O) groups is 1. The van der Waals surface area contributed by atoms with Gasteiger partial charge in [0.25, 0.3) is 0 Å². The Balaban J connectivity index is 3.08. The lowest BCUT2D eigenvalue weighted by Gasteiger charge is -2.22. The summed E-state index contributed by atoms with van der Waals surface area (Å²) < 4.78 is 18.1. The molecule has 0 saturated carbocycles. The van der Waals surface area contributed by atoms with Gasteiger partial charge in [0.15, 0.2) is 0 Å². The molecule has 0 heterocycles. The molecule has 1 aromatic rings. The average molecular weight is 253 g/mol. The first kappa shape index (κ1) is 14.6. The summed E-state index contributed by atoms with van der Waals surface area (Å²) in [6.07, 6.45) is 0.877. The van der Waals surface area contributed by atoms with E-state index in [-0.39, 0.29) is 11.9 Å². The molecule has 2 atom stereocenters. The molecule has 100 valence electrons. The van der Waals surface area contributed by atoms with Crippen LogP contribution in [-0.2, 0) is 9.53 Å². The highest BCUT2D eigenvalue weighted by atomic mass is 19.1. The van der Waals surface area contributed by atoms with E-state index in [4.69, 9.17) is 4.74 Å². The van der Waals surface area contributed by atoms with Gasteiger partial charge < -0.3 is 4.74 Å². The molecule has 18 heavy (non-hydrogen) atoms. The van der Waals surface area contributed by atoms with Crippen molar-refractivity contribution in [2.24, 2.45) is 0 Å². The first-order valence-electron chi connectivity index (χ1n) is 6.09. The maximum atomic E-state index is 13.3. The summed E-state index contributed by atoms with van der Waals surface area (Å²) in [5.74, 6) is -0.751. The van der Waals surface area contributed by atoms with Gasteiger partial charge in [-0.05, 0) is 43.5 Å². The number of rotatable bonds is 5. The molecular formula is C14H20FNO2. The van der Waals surface area contributed by atoms with E-state index in [1.165, 1.54) is 19.2 Å². The molecule has 0 aliphatic rings. The summed E-state index contributed by atoms with van der Waals surface area (Å²) >= 11 is 0. The number of esters is 1. The zero-order valence-corrected chi connectivity index (χ0v) is 11.3. The number of ether oxygens (including phenoxy) is 1. The van der Waals surface area contributed by atoms with E-state index in [0.717, 1.165) is 12.0 Å². The van der Waals surface area contributed by atoms with E-state index in [1.807, 2.05) is 20.8 Å². The van der Waals surface area contributed by atoms with E-state index in [2.05, 4.69) is 5.32 Å². The molecule has 0 saturated heterocycles. The van der Waals surface area contributed by atoms with Gasteiger partial charge in [-0.1, -0.05) is 13.0 Å². The molecule has 0 radical (unpaired) electrons. The molecule has 0 amide bonds. The molecule has 0 aliphatic heterocycles. The van der Waals surface area contributed by atoms with Gasteiger partial charge in [-0.25, -0.2) is 9.18 Å². The molecule has 1 aromatic carbocycles. The van der Waals surface area contributed by atoms with Crippen molar-refractivity contribution in [1.29, 1.82) is 0 Å². The van der Waals surface area contributed by atoms with Crippen molar-refractivity contribution in [1.82, 2.24) is 5.32 Å². The van der Waals surface area contributed by atoms with Crippen molar-refractivity contribution in [2.75, 3.05) is 7.11 Å². The Morgan fingerprint density at radius 1 is 1.50 bits per heavy atom. The minimum atomic E-state index is -0.624. The summed E-state index contributed by atoms with van der Waals surface area (Å²) in [7, 11) is 1.34. The highest BCUT2D eigenvalue weighted by Gasteiger charge is 2.24. The Hall–Kier alpha value is -1.42. The fourth-order valence-electron chi connectivity index (χ4n) is 1.73. The maximum Gasteiger partial charge on any atom is 0.327 e. The number of methoxy groups -OCH3 is 1. The van der Waals surface area contributed by atoms with Crippen molar-refractivity contribution < 1.29 is 13.9 Å². The monoisotopic (exact) mass is 253 g/mol. The molecule has 0 bridgehead atoms. The topological polar surface area (TPSA) is 38.3 Å². The number of aryl methyl sites for hydroxylation is 1. The van der Waals surface area contributed by atoms with Gasteiger partial charge in [0.2, 0.25) is 0 Å². The van der Waals surface area contributed by atoms with Crippen LogP contribution in [0.4, 0.5) is 4.39 Å². The first-order valence-corrected chi connectivity index (χ1v) is 6.09. The smallest absolute Gasteiger partial charge is 0.327 e. The van der Waals surface area contributed by atoms with Gasteiger partial charge in [0, 0.05) is 6.04 Å². The van der Waals surface area contributed by atoms with Crippen LogP contribution in [0.5, 0.6) is 0 Å². The van der Waals surface area contributed by atoms with E-state index >= 15 is 0 Å². The van der Waals surface area contributed by atoms with Gasteiger partial charge in [-0.2, -0.15) is 0 Å². The lowest BCUT2D eigenvalue weighted by molar-refractivity contribution is -0.143. The summed E-state index contributed by atoms with van der Waals surface area (Å²) in [5, 5.41) is 3.16. The fraction of sp³-hybridized carbons (Fsp3) is 0.500. The predicted molar refractivity (Wildman–Crippen MR) is 68.8 cm³/mol. The lowest BCUT2D eigenvalue weighted by Crippen LogP contribution is -2.36. The first-order chi connectivity index (χ1) is 8.49. The Labute approximate surface area is 107 Å². The molecule has 3 nitrogen and oxygen atoms in total. The van der Waals surface area contributed by atoms with Crippen molar-refractivity contribution in [3.63, 3.8) is 0 Å². The highest BCUT2D eigenvalue weighted by Crippen LogP contribution is 2.21. The maximum absolute atomic E-state index is 13.3. The lowest BCUT2D eigenvalue weighted by atomic mass is 10.00. The molecular weight excluding hydrogens is 233 g/mol. The number of hydrogen-bond acceptors (Lipinski definition) is 3. The Kier molecular flexibility index (Phi) is 5.28. The highest BCUT2D eigenvalue weighted by molar-refractivity contribution is 5.78. The third kappa shape index (κ3) is 3.53. The van der Waals surface area contributed by atoms with Crippen LogP contribution < -0.4 is 5.32 Å². The largest absolute Gasteiger partial charge is 0.468 e. The van der Waals surface area contributed by atoms with Gasteiger partial charge >= 0.3 is 5.97 Å². The standard InChI is InChI=1S/C14H20FNO2/c1-5-10(3)16-13(14(17)18-4)12-8-11(15)7-6-9(12)2/h6-8,10,13,16H,5H2,1-4H3. The molecule has 0 fully saturated rings. The van der Waals surface area contributed by atoms with Crippen LogP contribution in [0.15, 0.2) is 18.2 Å². The molecule has 1 N–H and O–H groups in total. The Morgan fingerprint density at radius 2 is 2.17 bits per heavy atom. The number of benzene rings is 1. The van der Waals surface area contributed by atoms with Crippen molar-refractivity contribution in [3.8, 4) is 0 Å². The number of halogens is 1. The zero-order valence-electron chi connectivity index (χ0n) is 11.3. The van der Waals surface area contributed by atoms with Crippen LogP contribution in [0, 0.1) is 12.7 Å².